The second-order valence-corrected chi connectivity index (χ2v) is 5.09. The van der Waals surface area contributed by atoms with Crippen molar-refractivity contribution < 1.29 is 27.4 Å². The van der Waals surface area contributed by atoms with Crippen LogP contribution in [0.25, 0.3) is 0 Å². The molecule has 0 aromatic heterocycles. The quantitative estimate of drug-likeness (QED) is 0.497. The normalized spacial score (nSPS) is 16.3. The van der Waals surface area contributed by atoms with Crippen LogP contribution in [-0.4, -0.2) is 43.5 Å². The third-order valence-corrected chi connectivity index (χ3v) is 3.19. The molecule has 0 aliphatic rings. The van der Waals surface area contributed by atoms with Gasteiger partial charge in [0.2, 0.25) is 0 Å². The van der Waals surface area contributed by atoms with Gasteiger partial charge in [-0.25, -0.2) is 0 Å². The van der Waals surface area contributed by atoms with Gasteiger partial charge in [-0.3, -0.25) is 4.79 Å². The van der Waals surface area contributed by atoms with Crippen molar-refractivity contribution >= 4 is 5.97 Å². The Bertz CT molecular complexity index is 310. The van der Waals surface area contributed by atoms with Crippen molar-refractivity contribution in [3.63, 3.8) is 0 Å². The Hall–Kier alpha value is -0.820. The summed E-state index contributed by atoms with van der Waals surface area (Å²) in [7, 11) is 0. The van der Waals surface area contributed by atoms with Crippen molar-refractivity contribution in [2.24, 2.45) is 0 Å². The largest absolute Gasteiger partial charge is 0.465 e. The smallest absolute Gasteiger partial charge is 0.414 e. The van der Waals surface area contributed by atoms with Crippen molar-refractivity contribution in [1.29, 1.82) is 0 Å². The zero-order valence-electron chi connectivity index (χ0n) is 13.2. The Labute approximate surface area is 124 Å². The van der Waals surface area contributed by atoms with Crippen LogP contribution in [0.15, 0.2) is 0 Å². The molecule has 0 heterocycles. The van der Waals surface area contributed by atoms with E-state index in [4.69, 9.17) is 9.47 Å². The summed E-state index contributed by atoms with van der Waals surface area (Å²) in [5.74, 6) is -0.337. The Morgan fingerprint density at radius 1 is 1.24 bits per heavy atom. The van der Waals surface area contributed by atoms with Gasteiger partial charge in [-0.1, -0.05) is 6.92 Å². The van der Waals surface area contributed by atoms with E-state index in [0.29, 0.717) is 32.4 Å². The van der Waals surface area contributed by atoms with E-state index in [9.17, 15) is 18.0 Å². The van der Waals surface area contributed by atoms with Crippen molar-refractivity contribution in [3.8, 4) is 0 Å². The Kier molecular flexibility index (Phi) is 8.89. The molecule has 4 nitrogen and oxygen atoms in total. The van der Waals surface area contributed by atoms with Gasteiger partial charge in [-0.2, -0.15) is 13.2 Å². The summed E-state index contributed by atoms with van der Waals surface area (Å²) in [4.78, 5) is 11.9. The van der Waals surface area contributed by atoms with Gasteiger partial charge in [0.05, 0.1) is 6.61 Å². The maximum atomic E-state index is 12.2. The lowest BCUT2D eigenvalue weighted by Gasteiger charge is -2.28. The van der Waals surface area contributed by atoms with E-state index in [-0.39, 0.29) is 12.6 Å². The van der Waals surface area contributed by atoms with Gasteiger partial charge < -0.3 is 14.8 Å². The van der Waals surface area contributed by atoms with Gasteiger partial charge in [-0.05, 0) is 46.6 Å². The number of alkyl halides is 3. The molecular weight excluding hydrogens is 287 g/mol. The third kappa shape index (κ3) is 7.66. The lowest BCUT2D eigenvalue weighted by atomic mass is 9.95. The van der Waals surface area contributed by atoms with E-state index < -0.39 is 17.8 Å². The average molecular weight is 313 g/mol. The molecule has 0 aliphatic carbocycles. The summed E-state index contributed by atoms with van der Waals surface area (Å²) in [6.07, 6.45) is -4.57. The van der Waals surface area contributed by atoms with Crippen LogP contribution in [0.3, 0.4) is 0 Å². The molecule has 0 rings (SSSR count). The molecule has 0 saturated carbocycles. The molecule has 21 heavy (non-hydrogen) atoms. The second-order valence-electron chi connectivity index (χ2n) is 5.09. The highest BCUT2D eigenvalue weighted by molar-refractivity contribution is 5.80. The minimum atomic E-state index is -4.33. The summed E-state index contributed by atoms with van der Waals surface area (Å²) >= 11 is 0. The Balaban J connectivity index is 4.13. The topological polar surface area (TPSA) is 47.6 Å². The van der Waals surface area contributed by atoms with Gasteiger partial charge in [0.25, 0.3) is 0 Å². The molecule has 0 aromatic rings. The monoisotopic (exact) mass is 313 g/mol. The van der Waals surface area contributed by atoms with E-state index in [1.807, 2.05) is 6.92 Å². The Morgan fingerprint density at radius 3 is 2.33 bits per heavy atom. The van der Waals surface area contributed by atoms with E-state index in [0.717, 1.165) is 6.92 Å². The summed E-state index contributed by atoms with van der Waals surface area (Å²) < 4.78 is 46.5. The number of halogens is 3. The molecule has 0 saturated heterocycles. The van der Waals surface area contributed by atoms with Crippen molar-refractivity contribution in [3.05, 3.63) is 0 Å². The first-order valence-electron chi connectivity index (χ1n) is 7.28. The van der Waals surface area contributed by atoms with E-state index in [1.165, 1.54) is 0 Å². The molecular formula is C14H26F3NO3. The molecule has 2 atom stereocenters. The molecule has 0 aliphatic heterocycles. The van der Waals surface area contributed by atoms with Crippen LogP contribution in [-0.2, 0) is 14.3 Å². The zero-order chi connectivity index (χ0) is 16.5. The van der Waals surface area contributed by atoms with Gasteiger partial charge in [0, 0.05) is 6.61 Å². The standard InChI is InChI=1S/C14H26F3NO3/c1-5-18-13(4,12(19)20-6-2)9-7-8-10-21-11(3)14(15,16)17/h11,18H,5-10H2,1-4H3. The van der Waals surface area contributed by atoms with E-state index >= 15 is 0 Å². The van der Waals surface area contributed by atoms with Gasteiger partial charge in [-0.15, -0.1) is 0 Å². The average Bonchev–Trinajstić information content (AvgIpc) is 2.37. The maximum Gasteiger partial charge on any atom is 0.414 e. The number of hydrogen-bond acceptors (Lipinski definition) is 4. The fraction of sp³-hybridized carbons (Fsp3) is 0.929. The van der Waals surface area contributed by atoms with Crippen LogP contribution in [0.2, 0.25) is 0 Å². The maximum absolute atomic E-state index is 12.2. The molecule has 0 spiro atoms. The number of rotatable bonds is 10. The summed E-state index contributed by atoms with van der Waals surface area (Å²) in [6.45, 7) is 7.27. The number of carbonyl (C=O) groups is 1. The zero-order valence-corrected chi connectivity index (χ0v) is 13.2. The van der Waals surface area contributed by atoms with Crippen LogP contribution in [0, 0.1) is 0 Å². The third-order valence-electron chi connectivity index (χ3n) is 3.19. The SMILES string of the molecule is CCNC(C)(CCCCOC(C)C(F)(F)F)C(=O)OCC. The molecule has 0 bridgehead atoms. The van der Waals surface area contributed by atoms with E-state index in [1.54, 1.807) is 13.8 Å². The number of unbranched alkanes of at least 4 members (excludes halogenated alkanes) is 1. The predicted molar refractivity (Wildman–Crippen MR) is 74.0 cm³/mol. The molecule has 1 N–H and O–H groups in total. The minimum Gasteiger partial charge on any atom is -0.465 e. The number of ether oxygens (including phenoxy) is 2. The lowest BCUT2D eigenvalue weighted by molar-refractivity contribution is -0.214. The van der Waals surface area contributed by atoms with Crippen LogP contribution in [0.4, 0.5) is 13.2 Å². The van der Waals surface area contributed by atoms with Gasteiger partial charge >= 0.3 is 12.1 Å². The van der Waals surface area contributed by atoms with E-state index in [2.05, 4.69) is 5.32 Å². The number of esters is 1. The minimum absolute atomic E-state index is 0.0196. The van der Waals surface area contributed by atoms with Crippen molar-refractivity contribution in [2.45, 2.75) is 64.8 Å². The summed E-state index contributed by atoms with van der Waals surface area (Å²) in [5, 5.41) is 3.07. The number of nitrogens with one attached hydrogen (secondary N) is 1. The number of hydrogen-bond donors (Lipinski definition) is 1. The van der Waals surface area contributed by atoms with Gasteiger partial charge in [0.1, 0.15) is 5.54 Å². The number of carbonyl (C=O) groups excluding carboxylic acids is 1. The highest BCUT2D eigenvalue weighted by atomic mass is 19.4. The predicted octanol–water partition coefficient (Wildman–Crippen LogP) is 3.06. The van der Waals surface area contributed by atoms with Crippen LogP contribution < -0.4 is 5.32 Å². The van der Waals surface area contributed by atoms with Crippen molar-refractivity contribution in [1.82, 2.24) is 5.32 Å². The van der Waals surface area contributed by atoms with Crippen LogP contribution in [0.5, 0.6) is 0 Å². The first-order chi connectivity index (χ1) is 9.67. The fourth-order valence-electron chi connectivity index (χ4n) is 1.88. The second kappa shape index (κ2) is 9.25. The molecule has 0 aromatic carbocycles. The summed E-state index contributed by atoms with van der Waals surface area (Å²) in [5.41, 5.74) is -0.805. The number of likely N-dealkylation sites (N-methyl/N-ethyl adjacent to an activating group) is 1. The molecule has 0 fully saturated rings. The molecule has 7 heteroatoms. The lowest BCUT2D eigenvalue weighted by Crippen LogP contribution is -2.50. The fourth-order valence-corrected chi connectivity index (χ4v) is 1.88. The highest BCUT2D eigenvalue weighted by Crippen LogP contribution is 2.23. The first-order valence-corrected chi connectivity index (χ1v) is 7.28. The molecule has 2 unspecified atom stereocenters. The molecule has 0 amide bonds. The van der Waals surface area contributed by atoms with Crippen LogP contribution >= 0.6 is 0 Å². The Morgan fingerprint density at radius 2 is 1.86 bits per heavy atom. The molecule has 126 valence electrons. The summed E-state index contributed by atoms with van der Waals surface area (Å²) in [6, 6.07) is 0. The molecule has 0 radical (unpaired) electrons. The van der Waals surface area contributed by atoms with Crippen molar-refractivity contribution in [2.75, 3.05) is 19.8 Å². The van der Waals surface area contributed by atoms with Gasteiger partial charge in [0.15, 0.2) is 6.10 Å². The van der Waals surface area contributed by atoms with Crippen LogP contribution in [0.1, 0.15) is 47.0 Å². The highest BCUT2D eigenvalue weighted by Gasteiger charge is 2.37. The first kappa shape index (κ1) is 20.2.